The Bertz CT molecular complexity index is 96.2. The third-order valence-electron chi connectivity index (χ3n) is 1.56. The molecule has 0 radical (unpaired) electrons. The van der Waals surface area contributed by atoms with Crippen LogP contribution in [-0.2, 0) is 0 Å². The van der Waals surface area contributed by atoms with Gasteiger partial charge in [-0.2, -0.15) is 0 Å². The molecule has 0 saturated heterocycles. The van der Waals surface area contributed by atoms with Gasteiger partial charge in [-0.25, -0.2) is 0 Å². The van der Waals surface area contributed by atoms with Gasteiger partial charge in [-0.05, 0) is 12.0 Å². The predicted molar refractivity (Wildman–Crippen MR) is 48.7 cm³/mol. The molecular formula is C9H21NO. The molecular weight excluding hydrogens is 138 g/mol. The van der Waals surface area contributed by atoms with E-state index < -0.39 is 0 Å². The summed E-state index contributed by atoms with van der Waals surface area (Å²) in [6.45, 7) is 11.9. The minimum absolute atomic E-state index is 0.268. The molecule has 68 valence electrons. The molecule has 0 aliphatic carbocycles. The lowest BCUT2D eigenvalue weighted by Crippen LogP contribution is -2.34. The number of aliphatic hydroxyl groups is 1. The smallest absolute Gasteiger partial charge is 0.0558 e. The zero-order valence-corrected chi connectivity index (χ0v) is 8.22. The van der Waals surface area contributed by atoms with Gasteiger partial charge in [0.25, 0.3) is 0 Å². The summed E-state index contributed by atoms with van der Waals surface area (Å²) in [7, 11) is 0. The molecule has 11 heavy (non-hydrogen) atoms. The summed E-state index contributed by atoms with van der Waals surface area (Å²) in [5.74, 6) is 0. The first-order chi connectivity index (χ1) is 4.99. The summed E-state index contributed by atoms with van der Waals surface area (Å²) >= 11 is 0. The van der Waals surface area contributed by atoms with Gasteiger partial charge in [0.2, 0.25) is 0 Å². The molecule has 0 amide bonds. The van der Waals surface area contributed by atoms with Gasteiger partial charge in [-0.3, -0.25) is 0 Å². The highest BCUT2D eigenvalue weighted by molar-refractivity contribution is 4.67. The maximum absolute atomic E-state index is 8.72. The van der Waals surface area contributed by atoms with Gasteiger partial charge in [0, 0.05) is 13.1 Å². The Morgan fingerprint density at radius 2 is 1.82 bits per heavy atom. The van der Waals surface area contributed by atoms with Crippen molar-refractivity contribution in [3.63, 3.8) is 0 Å². The maximum Gasteiger partial charge on any atom is 0.0558 e. The third-order valence-corrected chi connectivity index (χ3v) is 1.56. The second kappa shape index (κ2) is 4.73. The van der Waals surface area contributed by atoms with Crippen molar-refractivity contribution < 1.29 is 5.11 Å². The van der Waals surface area contributed by atoms with Crippen LogP contribution in [0.4, 0.5) is 0 Å². The van der Waals surface area contributed by atoms with E-state index in [9.17, 15) is 0 Å². The standard InChI is InChI=1S/C9H21NO/c1-5-10(6-7-11)8-9(2,3)4/h11H,5-8H2,1-4H3. The summed E-state index contributed by atoms with van der Waals surface area (Å²) in [5, 5.41) is 8.72. The van der Waals surface area contributed by atoms with Crippen molar-refractivity contribution in [1.82, 2.24) is 4.90 Å². The molecule has 0 spiro atoms. The highest BCUT2D eigenvalue weighted by Crippen LogP contribution is 2.14. The zero-order valence-electron chi connectivity index (χ0n) is 8.22. The average Bonchev–Trinajstić information content (AvgIpc) is 1.84. The van der Waals surface area contributed by atoms with Crippen LogP contribution in [0.1, 0.15) is 27.7 Å². The van der Waals surface area contributed by atoms with Gasteiger partial charge in [0.1, 0.15) is 0 Å². The molecule has 0 aromatic heterocycles. The van der Waals surface area contributed by atoms with Crippen LogP contribution in [0.2, 0.25) is 0 Å². The van der Waals surface area contributed by atoms with E-state index in [4.69, 9.17) is 5.11 Å². The lowest BCUT2D eigenvalue weighted by molar-refractivity contribution is 0.158. The van der Waals surface area contributed by atoms with Crippen molar-refractivity contribution in [1.29, 1.82) is 0 Å². The zero-order chi connectivity index (χ0) is 8.91. The summed E-state index contributed by atoms with van der Waals surface area (Å²) < 4.78 is 0. The first kappa shape index (κ1) is 10.9. The van der Waals surface area contributed by atoms with Gasteiger partial charge in [-0.1, -0.05) is 27.7 Å². The van der Waals surface area contributed by atoms with Crippen LogP contribution in [0, 0.1) is 5.41 Å². The van der Waals surface area contributed by atoms with E-state index in [1.807, 2.05) is 0 Å². The van der Waals surface area contributed by atoms with E-state index in [0.29, 0.717) is 5.41 Å². The fourth-order valence-corrected chi connectivity index (χ4v) is 1.16. The molecule has 0 aliphatic rings. The van der Waals surface area contributed by atoms with E-state index in [1.54, 1.807) is 0 Å². The molecule has 0 aromatic rings. The molecule has 0 saturated carbocycles. The van der Waals surface area contributed by atoms with Crippen molar-refractivity contribution >= 4 is 0 Å². The third kappa shape index (κ3) is 6.32. The largest absolute Gasteiger partial charge is 0.395 e. The van der Waals surface area contributed by atoms with Crippen LogP contribution in [0.3, 0.4) is 0 Å². The van der Waals surface area contributed by atoms with Crippen LogP contribution < -0.4 is 0 Å². The number of aliphatic hydroxyl groups excluding tert-OH is 1. The van der Waals surface area contributed by atoms with Gasteiger partial charge >= 0.3 is 0 Å². The van der Waals surface area contributed by atoms with E-state index in [1.165, 1.54) is 0 Å². The van der Waals surface area contributed by atoms with Crippen molar-refractivity contribution in [2.45, 2.75) is 27.7 Å². The number of hydrogen-bond donors (Lipinski definition) is 1. The number of nitrogens with zero attached hydrogens (tertiary/aromatic N) is 1. The van der Waals surface area contributed by atoms with Crippen LogP contribution >= 0.6 is 0 Å². The molecule has 0 aromatic carbocycles. The molecule has 0 rings (SSSR count). The Balaban J connectivity index is 3.68. The fourth-order valence-electron chi connectivity index (χ4n) is 1.16. The summed E-state index contributed by atoms with van der Waals surface area (Å²) in [6.07, 6.45) is 0. The average molecular weight is 159 g/mol. The minimum atomic E-state index is 0.268. The Labute approximate surface area is 70.2 Å². The first-order valence-corrected chi connectivity index (χ1v) is 4.33. The molecule has 2 heteroatoms. The monoisotopic (exact) mass is 159 g/mol. The van der Waals surface area contributed by atoms with Crippen molar-refractivity contribution in [2.75, 3.05) is 26.2 Å². The molecule has 0 aliphatic heterocycles. The summed E-state index contributed by atoms with van der Waals surface area (Å²) in [5.41, 5.74) is 0.338. The normalized spacial score (nSPS) is 12.5. The number of hydrogen-bond acceptors (Lipinski definition) is 2. The van der Waals surface area contributed by atoms with Crippen LogP contribution in [0.25, 0.3) is 0 Å². The lowest BCUT2D eigenvalue weighted by atomic mass is 9.96. The molecule has 0 atom stereocenters. The van der Waals surface area contributed by atoms with E-state index >= 15 is 0 Å². The molecule has 2 nitrogen and oxygen atoms in total. The first-order valence-electron chi connectivity index (χ1n) is 4.33. The lowest BCUT2D eigenvalue weighted by Gasteiger charge is -2.28. The topological polar surface area (TPSA) is 23.5 Å². The summed E-state index contributed by atoms with van der Waals surface area (Å²) in [4.78, 5) is 2.26. The van der Waals surface area contributed by atoms with Gasteiger partial charge in [-0.15, -0.1) is 0 Å². The van der Waals surface area contributed by atoms with Crippen molar-refractivity contribution in [2.24, 2.45) is 5.41 Å². The highest BCUT2D eigenvalue weighted by Gasteiger charge is 2.14. The second-order valence-corrected chi connectivity index (χ2v) is 4.15. The van der Waals surface area contributed by atoms with Gasteiger partial charge < -0.3 is 10.0 Å². The SMILES string of the molecule is CCN(CCO)CC(C)(C)C. The van der Waals surface area contributed by atoms with Gasteiger partial charge in [0.05, 0.1) is 6.61 Å². The Hall–Kier alpha value is -0.0800. The van der Waals surface area contributed by atoms with Gasteiger partial charge in [0.15, 0.2) is 0 Å². The van der Waals surface area contributed by atoms with Crippen molar-refractivity contribution in [3.8, 4) is 0 Å². The molecule has 0 fully saturated rings. The van der Waals surface area contributed by atoms with Crippen LogP contribution in [0.5, 0.6) is 0 Å². The Kier molecular flexibility index (Phi) is 4.69. The molecule has 0 unspecified atom stereocenters. The molecule has 1 N–H and O–H groups in total. The fraction of sp³-hybridized carbons (Fsp3) is 1.00. The second-order valence-electron chi connectivity index (χ2n) is 4.15. The van der Waals surface area contributed by atoms with Crippen LogP contribution in [-0.4, -0.2) is 36.2 Å². The number of likely N-dealkylation sites (N-methyl/N-ethyl adjacent to an activating group) is 1. The molecule has 0 bridgehead atoms. The maximum atomic E-state index is 8.72. The summed E-state index contributed by atoms with van der Waals surface area (Å²) in [6, 6.07) is 0. The Morgan fingerprint density at radius 3 is 2.09 bits per heavy atom. The Morgan fingerprint density at radius 1 is 1.27 bits per heavy atom. The predicted octanol–water partition coefficient (Wildman–Crippen LogP) is 1.35. The molecule has 0 heterocycles. The number of rotatable bonds is 4. The van der Waals surface area contributed by atoms with E-state index in [0.717, 1.165) is 19.6 Å². The highest BCUT2D eigenvalue weighted by atomic mass is 16.3. The minimum Gasteiger partial charge on any atom is -0.395 e. The van der Waals surface area contributed by atoms with E-state index in [-0.39, 0.29) is 6.61 Å². The van der Waals surface area contributed by atoms with Crippen LogP contribution in [0.15, 0.2) is 0 Å². The van der Waals surface area contributed by atoms with Crippen molar-refractivity contribution in [3.05, 3.63) is 0 Å². The quantitative estimate of drug-likeness (QED) is 0.669. The van der Waals surface area contributed by atoms with E-state index in [2.05, 4.69) is 32.6 Å².